The van der Waals surface area contributed by atoms with Gasteiger partial charge in [0.05, 0.1) is 46.6 Å². The van der Waals surface area contributed by atoms with Crippen LogP contribution in [0.1, 0.15) is 15.2 Å². The van der Waals surface area contributed by atoms with Crippen LogP contribution in [0.15, 0.2) is 54.6 Å². The van der Waals surface area contributed by atoms with Crippen molar-refractivity contribution in [3.05, 3.63) is 70.1 Å². The minimum Gasteiger partial charge on any atom is -0.495 e. The van der Waals surface area contributed by atoms with Crippen LogP contribution in [0.25, 0.3) is 21.5 Å². The van der Waals surface area contributed by atoms with E-state index in [4.69, 9.17) is 26.1 Å². The van der Waals surface area contributed by atoms with Gasteiger partial charge in [0, 0.05) is 22.4 Å². The Hall–Kier alpha value is -3.09. The average Bonchev–Trinajstić information content (AvgIpc) is 3.20. The minimum absolute atomic E-state index is 0.272. The van der Waals surface area contributed by atoms with E-state index in [0.29, 0.717) is 27.8 Å². The van der Waals surface area contributed by atoms with Gasteiger partial charge in [0.1, 0.15) is 11.5 Å². The van der Waals surface area contributed by atoms with Crippen LogP contribution in [0.4, 0.5) is 5.69 Å². The molecule has 0 saturated heterocycles. The summed E-state index contributed by atoms with van der Waals surface area (Å²) in [6.45, 7) is 2.04. The Kier molecular flexibility index (Phi) is 5.61. The maximum Gasteiger partial charge on any atom is 0.256 e. The predicted molar refractivity (Wildman–Crippen MR) is 122 cm³/mol. The maximum atomic E-state index is 13.3. The van der Waals surface area contributed by atoms with Gasteiger partial charge in [0.25, 0.3) is 5.91 Å². The van der Waals surface area contributed by atoms with E-state index in [1.807, 2.05) is 49.4 Å². The molecule has 1 N–H and O–H groups in total. The molecule has 5 nitrogen and oxygen atoms in total. The number of hydrogen-bond acceptors (Lipinski definition) is 5. The Bertz CT molecular complexity index is 1250. The van der Waals surface area contributed by atoms with Gasteiger partial charge in [-0.05, 0) is 31.2 Å². The number of pyridine rings is 1. The highest BCUT2D eigenvalue weighted by atomic mass is 35.5. The highest BCUT2D eigenvalue weighted by molar-refractivity contribution is 7.15. The zero-order valence-electron chi connectivity index (χ0n) is 16.7. The summed E-state index contributed by atoms with van der Waals surface area (Å²) in [5.74, 6) is 0.620. The van der Waals surface area contributed by atoms with Crippen LogP contribution in [0.2, 0.25) is 5.02 Å². The number of anilines is 1. The molecule has 152 valence electrons. The van der Waals surface area contributed by atoms with E-state index < -0.39 is 0 Å². The number of thiophene rings is 1. The van der Waals surface area contributed by atoms with E-state index >= 15 is 0 Å². The molecule has 1 amide bonds. The van der Waals surface area contributed by atoms with E-state index in [0.717, 1.165) is 21.5 Å². The van der Waals surface area contributed by atoms with Crippen molar-refractivity contribution in [1.82, 2.24) is 4.98 Å². The van der Waals surface area contributed by atoms with E-state index in [2.05, 4.69) is 5.32 Å². The number of carbonyl (C=O) groups is 1. The molecule has 0 bridgehead atoms. The first-order valence-corrected chi connectivity index (χ1v) is 10.4. The van der Waals surface area contributed by atoms with Crippen LogP contribution < -0.4 is 14.8 Å². The second kappa shape index (κ2) is 8.34. The highest BCUT2D eigenvalue weighted by Gasteiger charge is 2.18. The maximum absolute atomic E-state index is 13.3. The lowest BCUT2D eigenvalue weighted by atomic mass is 10.1. The van der Waals surface area contributed by atoms with Crippen molar-refractivity contribution in [2.75, 3.05) is 19.5 Å². The van der Waals surface area contributed by atoms with Crippen LogP contribution in [-0.2, 0) is 0 Å². The zero-order chi connectivity index (χ0) is 21.3. The first-order chi connectivity index (χ1) is 14.5. The Morgan fingerprint density at radius 1 is 1.03 bits per heavy atom. The lowest BCUT2D eigenvalue weighted by Gasteiger charge is -2.14. The molecule has 0 radical (unpaired) electrons. The molecule has 2 aromatic carbocycles. The van der Waals surface area contributed by atoms with Gasteiger partial charge < -0.3 is 14.8 Å². The van der Waals surface area contributed by atoms with Crippen molar-refractivity contribution in [3.63, 3.8) is 0 Å². The van der Waals surface area contributed by atoms with Crippen molar-refractivity contribution < 1.29 is 14.3 Å². The molecule has 0 spiro atoms. The summed E-state index contributed by atoms with van der Waals surface area (Å²) in [5.41, 5.74) is 2.51. The monoisotopic (exact) mass is 438 g/mol. The molecule has 4 rings (SSSR count). The number of amides is 1. The summed E-state index contributed by atoms with van der Waals surface area (Å²) in [6, 6.07) is 16.7. The third-order valence-electron chi connectivity index (χ3n) is 4.68. The van der Waals surface area contributed by atoms with Crippen LogP contribution in [0.3, 0.4) is 0 Å². The number of ether oxygens (including phenoxy) is 2. The van der Waals surface area contributed by atoms with Gasteiger partial charge in [-0.15, -0.1) is 11.3 Å². The third kappa shape index (κ3) is 3.84. The Labute approximate surface area is 183 Å². The molecule has 0 saturated carbocycles. The van der Waals surface area contributed by atoms with Crippen molar-refractivity contribution >= 4 is 45.4 Å². The zero-order valence-corrected chi connectivity index (χ0v) is 18.2. The third-order valence-corrected chi connectivity index (χ3v) is 5.99. The number of halogens is 1. The molecule has 0 unspecified atom stereocenters. The van der Waals surface area contributed by atoms with Crippen LogP contribution in [0.5, 0.6) is 11.5 Å². The number of nitrogens with zero attached hydrogens (tertiary/aromatic N) is 1. The van der Waals surface area contributed by atoms with Crippen molar-refractivity contribution in [2.45, 2.75) is 6.92 Å². The van der Waals surface area contributed by atoms with Gasteiger partial charge in [0.2, 0.25) is 0 Å². The Morgan fingerprint density at radius 3 is 2.50 bits per heavy atom. The van der Waals surface area contributed by atoms with Crippen LogP contribution in [0, 0.1) is 6.92 Å². The van der Waals surface area contributed by atoms with E-state index in [1.165, 1.54) is 19.1 Å². The largest absolute Gasteiger partial charge is 0.495 e. The number of benzene rings is 2. The number of fused-ring (bicyclic) bond motifs is 1. The summed E-state index contributed by atoms with van der Waals surface area (Å²) in [4.78, 5) is 20.3. The van der Waals surface area contributed by atoms with Crippen LogP contribution >= 0.6 is 22.9 Å². The molecule has 2 heterocycles. The quantitative estimate of drug-likeness (QED) is 0.403. The van der Waals surface area contributed by atoms with E-state index in [9.17, 15) is 4.79 Å². The number of nitrogens with one attached hydrogen (secondary N) is 1. The minimum atomic E-state index is -0.272. The topological polar surface area (TPSA) is 60.5 Å². The molecule has 0 aliphatic heterocycles. The fraction of sp³-hybridized carbons (Fsp3) is 0.130. The van der Waals surface area contributed by atoms with Crippen molar-refractivity contribution in [1.29, 1.82) is 0 Å². The number of rotatable bonds is 5. The van der Waals surface area contributed by atoms with Gasteiger partial charge in [-0.2, -0.15) is 0 Å². The summed E-state index contributed by atoms with van der Waals surface area (Å²) in [7, 11) is 3.04. The number of methoxy groups -OCH3 is 2. The smallest absolute Gasteiger partial charge is 0.256 e. The van der Waals surface area contributed by atoms with Crippen LogP contribution in [-0.4, -0.2) is 25.1 Å². The number of aromatic nitrogens is 1. The second-order valence-corrected chi connectivity index (χ2v) is 8.32. The van der Waals surface area contributed by atoms with Gasteiger partial charge in [-0.3, -0.25) is 4.79 Å². The number of carbonyl (C=O) groups excluding carboxylic acids is 1. The molecule has 2 aromatic heterocycles. The van der Waals surface area contributed by atoms with Crippen molar-refractivity contribution in [2.24, 2.45) is 0 Å². The summed E-state index contributed by atoms with van der Waals surface area (Å²) < 4.78 is 10.7. The summed E-state index contributed by atoms with van der Waals surface area (Å²) >= 11 is 7.82. The van der Waals surface area contributed by atoms with Gasteiger partial charge >= 0.3 is 0 Å². The molecule has 7 heteroatoms. The second-order valence-electron chi connectivity index (χ2n) is 6.62. The lowest BCUT2D eigenvalue weighted by Crippen LogP contribution is -2.14. The van der Waals surface area contributed by atoms with E-state index in [-0.39, 0.29) is 5.91 Å². The molecule has 30 heavy (non-hydrogen) atoms. The number of aryl methyl sites for hydroxylation is 1. The fourth-order valence-corrected chi connectivity index (χ4v) is 4.27. The van der Waals surface area contributed by atoms with Gasteiger partial charge in [-0.1, -0.05) is 29.8 Å². The lowest BCUT2D eigenvalue weighted by molar-refractivity contribution is 0.102. The molecule has 0 aliphatic carbocycles. The van der Waals surface area contributed by atoms with Gasteiger partial charge in [0.15, 0.2) is 0 Å². The molecule has 0 aliphatic rings. The highest BCUT2D eigenvalue weighted by Crippen LogP contribution is 2.36. The standard InChI is InChI=1S/C23H19ClN2O3S/c1-13-8-9-22(30-13)19-10-15(14-6-4-5-7-17(14)25-19)23(27)26-18-12-20(28-2)16(24)11-21(18)29-3/h4-12H,1-3H3,(H,26,27). The first kappa shape index (κ1) is 20.2. The Morgan fingerprint density at radius 2 is 1.80 bits per heavy atom. The summed E-state index contributed by atoms with van der Waals surface area (Å²) in [6.07, 6.45) is 0. The van der Waals surface area contributed by atoms with Crippen molar-refractivity contribution in [3.8, 4) is 22.1 Å². The Balaban J connectivity index is 1.80. The number of hydrogen-bond donors (Lipinski definition) is 1. The fourth-order valence-electron chi connectivity index (χ4n) is 3.21. The SMILES string of the molecule is COc1cc(NC(=O)c2cc(-c3ccc(C)s3)nc3ccccc23)c(OC)cc1Cl. The van der Waals surface area contributed by atoms with Gasteiger partial charge in [-0.25, -0.2) is 4.98 Å². The molecule has 0 fully saturated rings. The normalized spacial score (nSPS) is 10.8. The molecule has 0 atom stereocenters. The molecular weight excluding hydrogens is 420 g/mol. The first-order valence-electron chi connectivity index (χ1n) is 9.19. The molecular formula is C23H19ClN2O3S. The van der Waals surface area contributed by atoms with E-state index in [1.54, 1.807) is 23.5 Å². The number of para-hydroxylation sites is 1. The molecule has 4 aromatic rings. The summed E-state index contributed by atoms with van der Waals surface area (Å²) in [5, 5.41) is 4.10. The average molecular weight is 439 g/mol. The predicted octanol–water partition coefficient (Wildman–Crippen LogP) is 6.19.